The molecular weight excluding hydrogens is 210 g/mol. The normalized spacial score (nSPS) is 13.0. The Bertz CT molecular complexity index is 245. The molecule has 0 aromatic heterocycles. The highest BCUT2D eigenvalue weighted by atomic mass is 16.5. The zero-order valence-electron chi connectivity index (χ0n) is 10.4. The molecule has 16 heavy (non-hydrogen) atoms. The molecule has 0 fully saturated rings. The molecule has 0 aliphatic carbocycles. The summed E-state index contributed by atoms with van der Waals surface area (Å²) in [5.74, 6) is -1.06. The predicted molar refractivity (Wildman–Crippen MR) is 60.3 cm³/mol. The lowest BCUT2D eigenvalue weighted by atomic mass is 9.87. The maximum atomic E-state index is 11.3. The first-order chi connectivity index (χ1) is 7.29. The van der Waals surface area contributed by atoms with Gasteiger partial charge in [0.25, 0.3) is 0 Å². The van der Waals surface area contributed by atoms with Gasteiger partial charge in [0.15, 0.2) is 0 Å². The predicted octanol–water partition coefficient (Wildman–Crippen LogP) is 2.01. The van der Waals surface area contributed by atoms with Gasteiger partial charge in [0.2, 0.25) is 0 Å². The first-order valence-corrected chi connectivity index (χ1v) is 5.45. The fourth-order valence-electron chi connectivity index (χ4n) is 1.12. The first-order valence-electron chi connectivity index (χ1n) is 5.45. The van der Waals surface area contributed by atoms with E-state index in [0.717, 1.165) is 12.8 Å². The molecular formula is C11H21NO4. The topological polar surface area (TPSA) is 75.6 Å². The Morgan fingerprint density at radius 3 is 2.31 bits per heavy atom. The second-order valence-electron chi connectivity index (χ2n) is 4.77. The number of aliphatic carboxylic acids is 1. The minimum atomic E-state index is -1.06. The van der Waals surface area contributed by atoms with Gasteiger partial charge in [0.05, 0.1) is 6.61 Å². The van der Waals surface area contributed by atoms with Gasteiger partial charge in [-0.25, -0.2) is 9.59 Å². The van der Waals surface area contributed by atoms with Crippen LogP contribution in [0.25, 0.3) is 0 Å². The van der Waals surface area contributed by atoms with Crippen molar-refractivity contribution in [3.8, 4) is 0 Å². The van der Waals surface area contributed by atoms with Crippen LogP contribution in [0.5, 0.6) is 0 Å². The van der Waals surface area contributed by atoms with Crippen molar-refractivity contribution in [3.05, 3.63) is 0 Å². The summed E-state index contributed by atoms with van der Waals surface area (Å²) in [5, 5.41) is 11.3. The number of carbonyl (C=O) groups is 2. The second kappa shape index (κ2) is 6.35. The number of amides is 1. The fraction of sp³-hybridized carbons (Fsp3) is 0.818. The van der Waals surface area contributed by atoms with Gasteiger partial charge in [-0.3, -0.25) is 0 Å². The van der Waals surface area contributed by atoms with Gasteiger partial charge < -0.3 is 15.2 Å². The number of carbonyl (C=O) groups excluding carboxylic acids is 1. The Hall–Kier alpha value is -1.26. The summed E-state index contributed by atoms with van der Waals surface area (Å²) in [4.78, 5) is 22.2. The third kappa shape index (κ3) is 5.58. The van der Waals surface area contributed by atoms with Gasteiger partial charge in [-0.15, -0.1) is 0 Å². The maximum absolute atomic E-state index is 11.3. The van der Waals surface area contributed by atoms with Crippen molar-refractivity contribution >= 4 is 12.1 Å². The zero-order chi connectivity index (χ0) is 12.8. The molecule has 0 aliphatic heterocycles. The van der Waals surface area contributed by atoms with Gasteiger partial charge in [0.1, 0.15) is 6.04 Å². The summed E-state index contributed by atoms with van der Waals surface area (Å²) in [6, 6.07) is -0.943. The molecule has 0 saturated carbocycles. The van der Waals surface area contributed by atoms with Crippen molar-refractivity contribution < 1.29 is 19.4 Å². The highest BCUT2D eigenvalue weighted by Crippen LogP contribution is 2.19. The van der Waals surface area contributed by atoms with Gasteiger partial charge in [-0.2, -0.15) is 0 Å². The van der Waals surface area contributed by atoms with E-state index in [1.807, 2.05) is 6.92 Å². The molecule has 0 rings (SSSR count). The number of alkyl carbamates (subject to hydrolysis) is 1. The van der Waals surface area contributed by atoms with E-state index in [-0.39, 0.29) is 0 Å². The minimum Gasteiger partial charge on any atom is -0.480 e. The molecule has 0 spiro atoms. The van der Waals surface area contributed by atoms with Crippen LogP contribution in [0.2, 0.25) is 0 Å². The molecule has 94 valence electrons. The lowest BCUT2D eigenvalue weighted by Gasteiger charge is -2.27. The van der Waals surface area contributed by atoms with E-state index in [2.05, 4.69) is 5.32 Å². The molecule has 2 N–H and O–H groups in total. The van der Waals surface area contributed by atoms with Crippen LogP contribution in [0.1, 0.15) is 40.5 Å². The van der Waals surface area contributed by atoms with Crippen molar-refractivity contribution in [2.75, 3.05) is 6.61 Å². The molecule has 0 unspecified atom stereocenters. The summed E-state index contributed by atoms with van der Waals surface area (Å²) in [6.45, 7) is 7.55. The Morgan fingerprint density at radius 2 is 1.94 bits per heavy atom. The highest BCUT2D eigenvalue weighted by Gasteiger charge is 2.32. The van der Waals surface area contributed by atoms with Crippen molar-refractivity contribution in [2.45, 2.75) is 46.6 Å². The van der Waals surface area contributed by atoms with Crippen LogP contribution in [0.15, 0.2) is 0 Å². The minimum absolute atomic E-state index is 0.318. The molecule has 1 amide bonds. The number of hydrogen-bond donors (Lipinski definition) is 2. The van der Waals surface area contributed by atoms with Crippen molar-refractivity contribution in [1.82, 2.24) is 5.32 Å². The van der Waals surface area contributed by atoms with Crippen LogP contribution < -0.4 is 5.32 Å². The SMILES string of the molecule is CCCCOC(=O)N[C@H](C(=O)O)C(C)(C)C. The van der Waals surface area contributed by atoms with E-state index < -0.39 is 23.5 Å². The third-order valence-electron chi connectivity index (χ3n) is 2.11. The smallest absolute Gasteiger partial charge is 0.407 e. The average molecular weight is 231 g/mol. The van der Waals surface area contributed by atoms with Gasteiger partial charge in [-0.05, 0) is 11.8 Å². The number of unbranched alkanes of at least 4 members (excludes halogenated alkanes) is 1. The van der Waals surface area contributed by atoms with E-state index in [0.29, 0.717) is 6.61 Å². The molecule has 5 heteroatoms. The summed E-state index contributed by atoms with van der Waals surface area (Å²) in [6.07, 6.45) is 1.03. The molecule has 0 aromatic carbocycles. The Kier molecular flexibility index (Phi) is 5.85. The monoisotopic (exact) mass is 231 g/mol. The van der Waals surface area contributed by atoms with Crippen LogP contribution in [-0.4, -0.2) is 29.8 Å². The number of ether oxygens (including phenoxy) is 1. The van der Waals surface area contributed by atoms with Crippen LogP contribution in [0.4, 0.5) is 4.79 Å². The van der Waals surface area contributed by atoms with Crippen molar-refractivity contribution in [3.63, 3.8) is 0 Å². The van der Waals surface area contributed by atoms with Crippen molar-refractivity contribution in [1.29, 1.82) is 0 Å². The number of carboxylic acids is 1. The van der Waals surface area contributed by atoms with E-state index in [1.54, 1.807) is 20.8 Å². The Balaban J connectivity index is 4.21. The second-order valence-corrected chi connectivity index (χ2v) is 4.77. The van der Waals surface area contributed by atoms with Gasteiger partial charge in [0, 0.05) is 0 Å². The molecule has 0 aromatic rings. The van der Waals surface area contributed by atoms with E-state index in [4.69, 9.17) is 9.84 Å². The summed E-state index contributed by atoms with van der Waals surface area (Å²) in [7, 11) is 0. The molecule has 0 saturated heterocycles. The molecule has 0 bridgehead atoms. The molecule has 1 atom stereocenters. The Labute approximate surface area is 96.2 Å². The quantitative estimate of drug-likeness (QED) is 0.710. The van der Waals surface area contributed by atoms with E-state index >= 15 is 0 Å². The van der Waals surface area contributed by atoms with Crippen LogP contribution >= 0.6 is 0 Å². The zero-order valence-corrected chi connectivity index (χ0v) is 10.4. The number of rotatable bonds is 5. The molecule has 0 aliphatic rings. The summed E-state index contributed by atoms with van der Waals surface area (Å²) >= 11 is 0. The van der Waals surface area contributed by atoms with Crippen LogP contribution in [0.3, 0.4) is 0 Å². The lowest BCUT2D eigenvalue weighted by Crippen LogP contribution is -2.49. The first kappa shape index (κ1) is 14.7. The summed E-state index contributed by atoms with van der Waals surface area (Å²) < 4.78 is 4.84. The fourth-order valence-corrected chi connectivity index (χ4v) is 1.12. The third-order valence-corrected chi connectivity index (χ3v) is 2.11. The number of carboxylic acid groups (broad SMARTS) is 1. The number of nitrogens with one attached hydrogen (secondary N) is 1. The average Bonchev–Trinajstić information content (AvgIpc) is 2.12. The van der Waals surface area contributed by atoms with E-state index in [9.17, 15) is 9.59 Å². The summed E-state index contributed by atoms with van der Waals surface area (Å²) in [5.41, 5.74) is -0.546. The van der Waals surface area contributed by atoms with Gasteiger partial charge in [-0.1, -0.05) is 34.1 Å². The maximum Gasteiger partial charge on any atom is 0.407 e. The largest absolute Gasteiger partial charge is 0.480 e. The molecule has 5 nitrogen and oxygen atoms in total. The molecule has 0 heterocycles. The standard InChI is InChI=1S/C11H21NO4/c1-5-6-7-16-10(15)12-8(9(13)14)11(2,3)4/h8H,5-7H2,1-4H3,(H,12,15)(H,13,14)/t8-/m1/s1. The van der Waals surface area contributed by atoms with Crippen LogP contribution in [0, 0.1) is 5.41 Å². The number of hydrogen-bond acceptors (Lipinski definition) is 3. The Morgan fingerprint density at radius 1 is 1.38 bits per heavy atom. The highest BCUT2D eigenvalue weighted by molar-refractivity contribution is 5.80. The van der Waals surface area contributed by atoms with Gasteiger partial charge >= 0.3 is 12.1 Å². The van der Waals surface area contributed by atoms with Crippen LogP contribution in [-0.2, 0) is 9.53 Å². The lowest BCUT2D eigenvalue weighted by molar-refractivity contribution is -0.142. The van der Waals surface area contributed by atoms with E-state index in [1.165, 1.54) is 0 Å². The molecule has 0 radical (unpaired) electrons. The van der Waals surface area contributed by atoms with Crippen molar-refractivity contribution in [2.24, 2.45) is 5.41 Å².